The van der Waals surface area contributed by atoms with Crippen molar-refractivity contribution < 1.29 is 9.90 Å². The molecule has 108 valence electrons. The number of aryl methyl sites for hydroxylation is 1. The largest absolute Gasteiger partial charge is 0.465 e. The molecule has 2 atom stereocenters. The van der Waals surface area contributed by atoms with E-state index in [1.165, 1.54) is 16.0 Å². The lowest BCUT2D eigenvalue weighted by Gasteiger charge is -2.42. The third-order valence-electron chi connectivity index (χ3n) is 4.50. The Morgan fingerprint density at radius 2 is 2.20 bits per heavy atom. The number of benzene rings is 1. The van der Waals surface area contributed by atoms with E-state index in [0.29, 0.717) is 19.1 Å². The Kier molecular flexibility index (Phi) is 3.73. The highest BCUT2D eigenvalue weighted by Crippen LogP contribution is 2.38. The van der Waals surface area contributed by atoms with Crippen LogP contribution in [0.1, 0.15) is 30.5 Å². The Labute approximate surface area is 127 Å². The van der Waals surface area contributed by atoms with Crippen molar-refractivity contribution in [2.24, 2.45) is 0 Å². The first-order chi connectivity index (χ1) is 9.56. The summed E-state index contributed by atoms with van der Waals surface area (Å²) >= 11 is 3.53. The quantitative estimate of drug-likeness (QED) is 0.855. The second-order valence-electron chi connectivity index (χ2n) is 5.71. The number of hydrogen-bond donors (Lipinski definition) is 1. The van der Waals surface area contributed by atoms with E-state index in [1.807, 2.05) is 0 Å². The number of nitrogens with zero attached hydrogens (tertiary/aromatic N) is 2. The molecule has 0 saturated carbocycles. The van der Waals surface area contributed by atoms with Gasteiger partial charge in [0.15, 0.2) is 0 Å². The summed E-state index contributed by atoms with van der Waals surface area (Å²) in [6.45, 7) is 4.18. The summed E-state index contributed by atoms with van der Waals surface area (Å²) < 4.78 is 1.14. The van der Waals surface area contributed by atoms with Crippen molar-refractivity contribution in [2.45, 2.75) is 31.8 Å². The zero-order valence-corrected chi connectivity index (χ0v) is 13.1. The number of carbonyl (C=O) groups is 1. The number of carboxylic acid groups (broad SMARTS) is 1. The van der Waals surface area contributed by atoms with Gasteiger partial charge in [-0.1, -0.05) is 22.0 Å². The van der Waals surface area contributed by atoms with Gasteiger partial charge >= 0.3 is 6.09 Å². The molecular weight excluding hydrogens is 320 g/mol. The van der Waals surface area contributed by atoms with Gasteiger partial charge in [0, 0.05) is 36.2 Å². The first kappa shape index (κ1) is 13.9. The summed E-state index contributed by atoms with van der Waals surface area (Å²) in [5, 5.41) is 9.10. The van der Waals surface area contributed by atoms with Crippen LogP contribution in [0.25, 0.3) is 0 Å². The van der Waals surface area contributed by atoms with Crippen molar-refractivity contribution in [2.75, 3.05) is 19.6 Å². The fraction of sp³-hybridized carbons (Fsp3) is 0.533. The molecule has 2 aliphatic rings. The summed E-state index contributed by atoms with van der Waals surface area (Å²) in [7, 11) is 0. The lowest BCUT2D eigenvalue weighted by Crippen LogP contribution is -2.53. The van der Waals surface area contributed by atoms with Crippen LogP contribution in [0.2, 0.25) is 0 Å². The molecule has 1 aromatic rings. The zero-order chi connectivity index (χ0) is 14.3. The average Bonchev–Trinajstić information content (AvgIpc) is 2.81. The molecule has 1 fully saturated rings. The number of rotatable bonds is 1. The van der Waals surface area contributed by atoms with Crippen LogP contribution in [0.3, 0.4) is 0 Å². The minimum Gasteiger partial charge on any atom is -0.465 e. The second kappa shape index (κ2) is 5.37. The molecule has 1 aromatic carbocycles. The molecule has 0 bridgehead atoms. The molecule has 20 heavy (non-hydrogen) atoms. The number of halogens is 1. The van der Waals surface area contributed by atoms with E-state index >= 15 is 0 Å². The third kappa shape index (κ3) is 2.44. The van der Waals surface area contributed by atoms with Gasteiger partial charge in [0.05, 0.1) is 0 Å². The van der Waals surface area contributed by atoms with Gasteiger partial charge < -0.3 is 10.0 Å². The fourth-order valence-electron chi connectivity index (χ4n) is 3.52. The minimum absolute atomic E-state index is 0.277. The van der Waals surface area contributed by atoms with E-state index in [2.05, 4.69) is 46.0 Å². The molecule has 4 nitrogen and oxygen atoms in total. The second-order valence-corrected chi connectivity index (χ2v) is 6.63. The van der Waals surface area contributed by atoms with Gasteiger partial charge in [0.25, 0.3) is 0 Å². The molecular formula is C15H19BrN2O2. The van der Waals surface area contributed by atoms with E-state index in [4.69, 9.17) is 5.11 Å². The van der Waals surface area contributed by atoms with Gasteiger partial charge in [0.1, 0.15) is 0 Å². The Bertz CT molecular complexity index is 535. The Morgan fingerprint density at radius 1 is 1.40 bits per heavy atom. The lowest BCUT2D eigenvalue weighted by molar-refractivity contribution is 0.0484. The summed E-state index contributed by atoms with van der Waals surface area (Å²) in [5.74, 6) is 0. The first-order valence-corrected chi connectivity index (χ1v) is 7.87. The number of hydrogen-bond acceptors (Lipinski definition) is 2. The van der Waals surface area contributed by atoms with Crippen molar-refractivity contribution in [1.82, 2.24) is 9.80 Å². The van der Waals surface area contributed by atoms with Crippen LogP contribution in [-0.2, 0) is 6.42 Å². The number of fused-ring (bicyclic) bond motifs is 1. The van der Waals surface area contributed by atoms with Gasteiger partial charge in [-0.05, 0) is 43.0 Å². The van der Waals surface area contributed by atoms with E-state index in [-0.39, 0.29) is 6.04 Å². The SMILES string of the molecule is C[C@H]1CN(C(=O)O)CCN1C1CCc2cc(Br)ccc21. The number of piperazine rings is 1. The molecule has 0 aromatic heterocycles. The maximum atomic E-state index is 11.1. The molecule has 1 N–H and O–H groups in total. The topological polar surface area (TPSA) is 43.8 Å². The van der Waals surface area contributed by atoms with Crippen LogP contribution < -0.4 is 0 Å². The first-order valence-electron chi connectivity index (χ1n) is 7.08. The zero-order valence-electron chi connectivity index (χ0n) is 11.6. The van der Waals surface area contributed by atoms with Gasteiger partial charge in [-0.2, -0.15) is 0 Å². The highest BCUT2D eigenvalue weighted by Gasteiger charge is 2.35. The Morgan fingerprint density at radius 3 is 2.90 bits per heavy atom. The molecule has 1 aliphatic heterocycles. The monoisotopic (exact) mass is 338 g/mol. The Balaban J connectivity index is 1.78. The van der Waals surface area contributed by atoms with Gasteiger partial charge in [-0.15, -0.1) is 0 Å². The minimum atomic E-state index is -0.799. The molecule has 0 spiro atoms. The molecule has 5 heteroatoms. The van der Waals surface area contributed by atoms with Crippen molar-refractivity contribution in [1.29, 1.82) is 0 Å². The lowest BCUT2D eigenvalue weighted by atomic mass is 10.0. The van der Waals surface area contributed by atoms with E-state index in [1.54, 1.807) is 0 Å². The smallest absolute Gasteiger partial charge is 0.407 e. The molecule has 1 amide bonds. The van der Waals surface area contributed by atoms with Crippen molar-refractivity contribution in [3.05, 3.63) is 33.8 Å². The summed E-state index contributed by atoms with van der Waals surface area (Å²) in [6.07, 6.45) is 1.46. The standard InChI is InChI=1S/C15H19BrN2O2/c1-10-9-17(15(19)20)6-7-18(10)14-5-2-11-8-12(16)3-4-13(11)14/h3-4,8,10,14H,2,5-7,9H2,1H3,(H,19,20)/t10-,14?/m0/s1. The van der Waals surface area contributed by atoms with Crippen molar-refractivity contribution in [3.8, 4) is 0 Å². The van der Waals surface area contributed by atoms with E-state index in [0.717, 1.165) is 23.9 Å². The van der Waals surface area contributed by atoms with Crippen LogP contribution in [0.4, 0.5) is 4.79 Å². The van der Waals surface area contributed by atoms with Crippen molar-refractivity contribution >= 4 is 22.0 Å². The third-order valence-corrected chi connectivity index (χ3v) is 4.99. The van der Waals surface area contributed by atoms with Crippen LogP contribution >= 0.6 is 15.9 Å². The van der Waals surface area contributed by atoms with Gasteiger partial charge in [-0.3, -0.25) is 4.90 Å². The molecule has 0 radical (unpaired) electrons. The van der Waals surface area contributed by atoms with E-state index in [9.17, 15) is 4.79 Å². The highest BCUT2D eigenvalue weighted by molar-refractivity contribution is 9.10. The predicted molar refractivity (Wildman–Crippen MR) is 81.0 cm³/mol. The van der Waals surface area contributed by atoms with Crippen molar-refractivity contribution in [3.63, 3.8) is 0 Å². The summed E-state index contributed by atoms with van der Waals surface area (Å²) in [4.78, 5) is 15.1. The molecule has 1 unspecified atom stereocenters. The maximum absolute atomic E-state index is 11.1. The normalized spacial score (nSPS) is 26.6. The predicted octanol–water partition coefficient (Wildman–Crippen LogP) is 3.12. The van der Waals surface area contributed by atoms with Gasteiger partial charge in [0.2, 0.25) is 0 Å². The fourth-order valence-corrected chi connectivity index (χ4v) is 3.93. The Hall–Kier alpha value is -1.07. The average molecular weight is 339 g/mol. The molecule has 1 aliphatic carbocycles. The molecule has 1 heterocycles. The molecule has 1 saturated heterocycles. The van der Waals surface area contributed by atoms with Crippen LogP contribution in [-0.4, -0.2) is 46.7 Å². The highest BCUT2D eigenvalue weighted by atomic mass is 79.9. The van der Waals surface area contributed by atoms with Crippen LogP contribution in [0.5, 0.6) is 0 Å². The molecule has 3 rings (SSSR count). The van der Waals surface area contributed by atoms with Crippen LogP contribution in [0.15, 0.2) is 22.7 Å². The number of amides is 1. The van der Waals surface area contributed by atoms with Gasteiger partial charge in [-0.25, -0.2) is 4.79 Å². The summed E-state index contributed by atoms with van der Waals surface area (Å²) in [5.41, 5.74) is 2.85. The van der Waals surface area contributed by atoms with Crippen LogP contribution in [0, 0.1) is 0 Å². The van der Waals surface area contributed by atoms with E-state index < -0.39 is 6.09 Å². The summed E-state index contributed by atoms with van der Waals surface area (Å²) in [6, 6.07) is 7.26. The maximum Gasteiger partial charge on any atom is 0.407 e.